The van der Waals surface area contributed by atoms with Crippen molar-refractivity contribution in [1.29, 1.82) is 0 Å². The van der Waals surface area contributed by atoms with Gasteiger partial charge in [0.15, 0.2) is 5.82 Å². The number of halogens is 1. The van der Waals surface area contributed by atoms with E-state index >= 15 is 0 Å². The van der Waals surface area contributed by atoms with Crippen molar-refractivity contribution in [1.82, 2.24) is 9.97 Å². The number of hydrogen-bond acceptors (Lipinski definition) is 4. The van der Waals surface area contributed by atoms with Crippen molar-refractivity contribution in [2.24, 2.45) is 0 Å². The molecule has 1 aromatic heterocycles. The fraction of sp³-hybridized carbons (Fsp3) is 0. The Morgan fingerprint density at radius 2 is 1.59 bits per heavy atom. The van der Waals surface area contributed by atoms with E-state index in [1.54, 1.807) is 0 Å². The molecule has 4 rings (SSSR count). The number of nitrogens with zero attached hydrogens (tertiary/aromatic N) is 3. The average molecular weight is 417 g/mol. The first-order valence-electron chi connectivity index (χ1n) is 8.47. The molecule has 5 heteroatoms. The Morgan fingerprint density at radius 1 is 0.889 bits per heavy atom. The van der Waals surface area contributed by atoms with Crippen LogP contribution in [0.3, 0.4) is 0 Å². The predicted octanol–water partition coefficient (Wildman–Crippen LogP) is 5.97. The molecule has 0 fully saturated rings. The first-order valence-corrected chi connectivity index (χ1v) is 9.18. The van der Waals surface area contributed by atoms with Gasteiger partial charge in [-0.15, -0.1) is 0 Å². The number of rotatable bonds is 4. The van der Waals surface area contributed by atoms with Crippen molar-refractivity contribution in [3.63, 3.8) is 0 Å². The molecule has 1 heterocycles. The first kappa shape index (κ1) is 17.2. The standard InChI is InChI=1S/C22H17BrN4/c1-2-15-8-10-16(11-9-15)17-12-13-20-19(14-17)21(26-22(24)25-20)27(23)18-6-4-3-5-7-18/h2-14H,1H2,(H2,24,25,26). The lowest BCUT2D eigenvalue weighted by molar-refractivity contribution is 1.21. The maximum atomic E-state index is 5.94. The van der Waals surface area contributed by atoms with E-state index in [2.05, 4.69) is 50.9 Å². The summed E-state index contributed by atoms with van der Waals surface area (Å²) in [5.74, 6) is 0.939. The summed E-state index contributed by atoms with van der Waals surface area (Å²) in [6.07, 6.45) is 1.83. The van der Waals surface area contributed by atoms with Gasteiger partial charge in [0.25, 0.3) is 0 Å². The van der Waals surface area contributed by atoms with Gasteiger partial charge in [0, 0.05) is 5.39 Å². The molecule has 0 spiro atoms. The van der Waals surface area contributed by atoms with Crippen molar-refractivity contribution in [3.05, 3.63) is 84.9 Å². The van der Waals surface area contributed by atoms with Crippen molar-refractivity contribution < 1.29 is 0 Å². The van der Waals surface area contributed by atoms with Crippen LogP contribution in [0, 0.1) is 0 Å². The predicted molar refractivity (Wildman–Crippen MR) is 117 cm³/mol. The largest absolute Gasteiger partial charge is 0.368 e. The third-order valence-corrected chi connectivity index (χ3v) is 5.09. The van der Waals surface area contributed by atoms with Gasteiger partial charge in [-0.2, -0.15) is 4.98 Å². The topological polar surface area (TPSA) is 55.0 Å². The van der Waals surface area contributed by atoms with Crippen LogP contribution >= 0.6 is 16.1 Å². The number of hydrogen-bond donors (Lipinski definition) is 1. The lowest BCUT2D eigenvalue weighted by Gasteiger charge is -2.18. The van der Waals surface area contributed by atoms with Crippen LogP contribution in [0.4, 0.5) is 17.5 Å². The summed E-state index contributed by atoms with van der Waals surface area (Å²) in [5, 5.41) is 0.912. The maximum absolute atomic E-state index is 5.94. The van der Waals surface area contributed by atoms with Gasteiger partial charge in [-0.1, -0.05) is 61.2 Å². The Labute approximate surface area is 166 Å². The monoisotopic (exact) mass is 416 g/mol. The summed E-state index contributed by atoms with van der Waals surface area (Å²) in [6, 6.07) is 24.3. The van der Waals surface area contributed by atoms with Crippen molar-refractivity contribution >= 4 is 50.6 Å². The van der Waals surface area contributed by atoms with Crippen molar-refractivity contribution in [2.45, 2.75) is 0 Å². The highest BCUT2D eigenvalue weighted by Gasteiger charge is 2.14. The molecule has 0 saturated carbocycles. The quantitative estimate of drug-likeness (QED) is 0.416. The Hall–Kier alpha value is -3.18. The van der Waals surface area contributed by atoms with E-state index in [1.807, 2.05) is 64.6 Å². The van der Waals surface area contributed by atoms with Gasteiger partial charge in [0.1, 0.15) is 0 Å². The van der Waals surface area contributed by atoms with Gasteiger partial charge in [-0.3, -0.25) is 3.93 Å². The summed E-state index contributed by atoms with van der Waals surface area (Å²) in [7, 11) is 0. The SMILES string of the molecule is C=Cc1ccc(-c2ccc3nc(N)nc(N(Br)c4ccccc4)c3c2)cc1. The van der Waals surface area contributed by atoms with E-state index in [1.165, 1.54) is 0 Å². The molecular formula is C22H17BrN4. The molecule has 4 aromatic rings. The molecule has 0 unspecified atom stereocenters. The molecule has 0 aliphatic heterocycles. The summed E-state index contributed by atoms with van der Waals surface area (Å²) >= 11 is 3.63. The highest BCUT2D eigenvalue weighted by atomic mass is 79.9. The molecule has 2 N–H and O–H groups in total. The van der Waals surface area contributed by atoms with Crippen molar-refractivity contribution in [3.8, 4) is 11.1 Å². The molecule has 0 aliphatic rings. The van der Waals surface area contributed by atoms with E-state index in [0.717, 1.165) is 33.3 Å². The number of benzene rings is 3. The Morgan fingerprint density at radius 3 is 2.30 bits per heavy atom. The molecule has 4 nitrogen and oxygen atoms in total. The minimum Gasteiger partial charge on any atom is -0.368 e. The smallest absolute Gasteiger partial charge is 0.222 e. The highest BCUT2D eigenvalue weighted by Crippen LogP contribution is 2.35. The molecule has 0 bridgehead atoms. The first-order chi connectivity index (χ1) is 13.2. The number of para-hydroxylation sites is 1. The van der Waals surface area contributed by atoms with E-state index in [9.17, 15) is 0 Å². The molecule has 0 radical (unpaired) electrons. The molecule has 3 aromatic carbocycles. The van der Waals surface area contributed by atoms with E-state index < -0.39 is 0 Å². The second-order valence-electron chi connectivity index (χ2n) is 6.08. The second kappa shape index (κ2) is 7.21. The minimum absolute atomic E-state index is 0.237. The summed E-state index contributed by atoms with van der Waals surface area (Å²) < 4.78 is 1.85. The normalized spacial score (nSPS) is 10.7. The summed E-state index contributed by atoms with van der Waals surface area (Å²) in [6.45, 7) is 3.80. The van der Waals surface area contributed by atoms with E-state index in [-0.39, 0.29) is 5.95 Å². The Balaban J connectivity index is 1.86. The molecular weight excluding hydrogens is 400 g/mol. The Bertz CT molecular complexity index is 1110. The molecule has 0 saturated heterocycles. The van der Waals surface area contributed by atoms with Crippen LogP contribution in [0.25, 0.3) is 28.1 Å². The highest BCUT2D eigenvalue weighted by molar-refractivity contribution is 9.10. The lowest BCUT2D eigenvalue weighted by Crippen LogP contribution is -2.07. The number of nitrogens with two attached hydrogens (primary N) is 1. The minimum atomic E-state index is 0.237. The van der Waals surface area contributed by atoms with Gasteiger partial charge in [-0.25, -0.2) is 4.98 Å². The van der Waals surface area contributed by atoms with E-state index in [0.29, 0.717) is 5.82 Å². The van der Waals surface area contributed by atoms with Gasteiger partial charge in [0.05, 0.1) is 27.4 Å². The summed E-state index contributed by atoms with van der Waals surface area (Å²) in [4.78, 5) is 8.85. The molecule has 132 valence electrons. The van der Waals surface area contributed by atoms with Crippen LogP contribution in [-0.4, -0.2) is 9.97 Å². The zero-order valence-electron chi connectivity index (χ0n) is 14.5. The number of nitrogen functional groups attached to an aromatic ring is 1. The zero-order chi connectivity index (χ0) is 18.8. The van der Waals surface area contributed by atoms with Crippen LogP contribution in [0.1, 0.15) is 5.56 Å². The fourth-order valence-corrected chi connectivity index (χ4v) is 3.46. The van der Waals surface area contributed by atoms with Gasteiger partial charge < -0.3 is 5.73 Å². The molecule has 0 aliphatic carbocycles. The third-order valence-electron chi connectivity index (χ3n) is 4.34. The van der Waals surface area contributed by atoms with E-state index in [4.69, 9.17) is 5.73 Å². The fourth-order valence-electron chi connectivity index (χ4n) is 2.95. The van der Waals surface area contributed by atoms with Gasteiger partial charge in [0.2, 0.25) is 5.95 Å². The summed E-state index contributed by atoms with van der Waals surface area (Å²) in [5.41, 5.74) is 11.0. The average Bonchev–Trinajstić information content (AvgIpc) is 2.73. The van der Waals surface area contributed by atoms with Crippen LogP contribution < -0.4 is 9.66 Å². The third kappa shape index (κ3) is 3.41. The van der Waals surface area contributed by atoms with Crippen LogP contribution in [0.5, 0.6) is 0 Å². The maximum Gasteiger partial charge on any atom is 0.222 e. The lowest BCUT2D eigenvalue weighted by atomic mass is 10.0. The number of aromatic nitrogens is 2. The molecule has 0 atom stereocenters. The Kier molecular flexibility index (Phi) is 4.60. The van der Waals surface area contributed by atoms with Gasteiger partial charge in [-0.05, 0) is 41.0 Å². The van der Waals surface area contributed by atoms with Crippen molar-refractivity contribution in [2.75, 3.05) is 9.66 Å². The second-order valence-corrected chi connectivity index (χ2v) is 6.79. The zero-order valence-corrected chi connectivity index (χ0v) is 16.1. The number of anilines is 3. The molecule has 0 amide bonds. The number of fused-ring (bicyclic) bond motifs is 1. The molecule has 27 heavy (non-hydrogen) atoms. The van der Waals surface area contributed by atoms with Gasteiger partial charge >= 0.3 is 0 Å². The van der Waals surface area contributed by atoms with Crippen LogP contribution in [0.15, 0.2) is 79.4 Å². The van der Waals surface area contributed by atoms with Crippen LogP contribution in [-0.2, 0) is 0 Å². The van der Waals surface area contributed by atoms with Crippen LogP contribution in [0.2, 0.25) is 0 Å².